The lowest BCUT2D eigenvalue weighted by Crippen LogP contribution is -2.66. The molecule has 1 aromatic carbocycles. The van der Waals surface area contributed by atoms with Crippen LogP contribution in [0.15, 0.2) is 18.2 Å². The van der Waals surface area contributed by atoms with E-state index in [0.717, 1.165) is 47.2 Å². The SMILES string of the molecule is CCCCN1CC(=O)N2CCc3c([nH]c4ccc(OC)cc34)[C@@]2(C)C1=O. The average Bonchev–Trinajstić information content (AvgIpc) is 3.02. The number of methoxy groups -OCH3 is 1. The highest BCUT2D eigenvalue weighted by Crippen LogP contribution is 2.42. The number of aromatic nitrogens is 1. The van der Waals surface area contributed by atoms with Crippen molar-refractivity contribution >= 4 is 22.7 Å². The van der Waals surface area contributed by atoms with Crippen molar-refractivity contribution in [3.05, 3.63) is 29.5 Å². The molecule has 0 aliphatic carbocycles. The minimum absolute atomic E-state index is 0.0185. The summed E-state index contributed by atoms with van der Waals surface area (Å²) in [6.45, 7) is 5.37. The number of hydrogen-bond donors (Lipinski definition) is 1. The van der Waals surface area contributed by atoms with Crippen LogP contribution in [0.3, 0.4) is 0 Å². The van der Waals surface area contributed by atoms with Crippen LogP contribution in [0.2, 0.25) is 0 Å². The van der Waals surface area contributed by atoms with Gasteiger partial charge in [-0.3, -0.25) is 9.59 Å². The monoisotopic (exact) mass is 355 g/mol. The number of carbonyl (C=O) groups is 2. The van der Waals surface area contributed by atoms with Gasteiger partial charge in [0.15, 0.2) is 5.54 Å². The second kappa shape index (κ2) is 6.04. The fraction of sp³-hybridized carbons (Fsp3) is 0.500. The van der Waals surface area contributed by atoms with E-state index in [2.05, 4.69) is 11.9 Å². The highest BCUT2D eigenvalue weighted by molar-refractivity contribution is 6.00. The quantitative estimate of drug-likeness (QED) is 0.916. The maximum Gasteiger partial charge on any atom is 0.254 e. The third kappa shape index (κ3) is 2.24. The van der Waals surface area contributed by atoms with Crippen molar-refractivity contribution in [3.8, 4) is 5.75 Å². The van der Waals surface area contributed by atoms with Gasteiger partial charge in [-0.05, 0) is 43.5 Å². The first-order valence-corrected chi connectivity index (χ1v) is 9.29. The number of piperazine rings is 1. The van der Waals surface area contributed by atoms with Gasteiger partial charge in [0.1, 0.15) is 5.75 Å². The molecule has 1 atom stereocenters. The first kappa shape index (κ1) is 16.9. The van der Waals surface area contributed by atoms with Crippen molar-refractivity contribution in [2.24, 2.45) is 0 Å². The Labute approximate surface area is 153 Å². The molecule has 0 spiro atoms. The van der Waals surface area contributed by atoms with Gasteiger partial charge >= 0.3 is 0 Å². The van der Waals surface area contributed by atoms with E-state index in [4.69, 9.17) is 4.74 Å². The van der Waals surface area contributed by atoms with Crippen LogP contribution in [0.4, 0.5) is 0 Å². The number of rotatable bonds is 4. The number of aromatic amines is 1. The van der Waals surface area contributed by atoms with Crippen molar-refractivity contribution in [1.29, 1.82) is 0 Å². The lowest BCUT2D eigenvalue weighted by atomic mass is 9.83. The summed E-state index contributed by atoms with van der Waals surface area (Å²) in [6, 6.07) is 5.89. The molecule has 2 aliphatic heterocycles. The number of amides is 2. The van der Waals surface area contributed by atoms with Crippen LogP contribution in [0.25, 0.3) is 10.9 Å². The molecule has 3 heterocycles. The first-order chi connectivity index (χ1) is 12.5. The zero-order chi connectivity index (χ0) is 18.5. The molecule has 1 fully saturated rings. The highest BCUT2D eigenvalue weighted by Gasteiger charge is 2.53. The summed E-state index contributed by atoms with van der Waals surface area (Å²) < 4.78 is 5.36. The number of fused-ring (bicyclic) bond motifs is 5. The zero-order valence-electron chi connectivity index (χ0n) is 15.6. The Morgan fingerprint density at radius 3 is 2.85 bits per heavy atom. The molecule has 138 valence electrons. The normalized spacial score (nSPS) is 22.6. The molecule has 1 N–H and O–H groups in total. The molecule has 0 bridgehead atoms. The molecule has 6 heteroatoms. The predicted molar refractivity (Wildman–Crippen MR) is 99.1 cm³/mol. The number of hydrogen-bond acceptors (Lipinski definition) is 3. The van der Waals surface area contributed by atoms with Gasteiger partial charge in [0, 0.05) is 24.0 Å². The average molecular weight is 355 g/mol. The van der Waals surface area contributed by atoms with Gasteiger partial charge in [-0.1, -0.05) is 13.3 Å². The fourth-order valence-electron chi connectivity index (χ4n) is 4.37. The van der Waals surface area contributed by atoms with Gasteiger partial charge in [-0.15, -0.1) is 0 Å². The Hall–Kier alpha value is -2.50. The number of nitrogens with one attached hydrogen (secondary N) is 1. The summed E-state index contributed by atoms with van der Waals surface area (Å²) in [6.07, 6.45) is 2.65. The molecule has 0 radical (unpaired) electrons. The van der Waals surface area contributed by atoms with E-state index >= 15 is 0 Å². The van der Waals surface area contributed by atoms with E-state index in [1.807, 2.05) is 25.1 Å². The zero-order valence-corrected chi connectivity index (χ0v) is 15.6. The molecule has 1 saturated heterocycles. The predicted octanol–water partition coefficient (Wildman–Crippen LogP) is 2.42. The molecule has 0 unspecified atom stereocenters. The second-order valence-corrected chi connectivity index (χ2v) is 7.34. The topological polar surface area (TPSA) is 65.6 Å². The van der Waals surface area contributed by atoms with Crippen molar-refractivity contribution in [1.82, 2.24) is 14.8 Å². The van der Waals surface area contributed by atoms with Gasteiger partial charge in [-0.25, -0.2) is 0 Å². The van der Waals surface area contributed by atoms with Crippen LogP contribution < -0.4 is 4.74 Å². The molecule has 2 aliphatic rings. The third-order valence-corrected chi connectivity index (χ3v) is 5.84. The third-order valence-electron chi connectivity index (χ3n) is 5.84. The number of unbranched alkanes of at least 4 members (excludes halogenated alkanes) is 1. The number of H-pyrrole nitrogens is 1. The van der Waals surface area contributed by atoms with Gasteiger partial charge in [0.05, 0.1) is 19.3 Å². The van der Waals surface area contributed by atoms with Crippen LogP contribution in [0, 0.1) is 0 Å². The smallest absolute Gasteiger partial charge is 0.254 e. The number of benzene rings is 1. The lowest BCUT2D eigenvalue weighted by Gasteiger charge is -2.49. The molecular weight excluding hydrogens is 330 g/mol. The van der Waals surface area contributed by atoms with Crippen LogP contribution in [0.1, 0.15) is 37.9 Å². The van der Waals surface area contributed by atoms with Gasteiger partial charge < -0.3 is 19.5 Å². The number of nitrogens with zero attached hydrogens (tertiary/aromatic N) is 2. The molecule has 6 nitrogen and oxygen atoms in total. The Morgan fingerprint density at radius 1 is 1.31 bits per heavy atom. The van der Waals surface area contributed by atoms with E-state index in [1.165, 1.54) is 0 Å². The molecule has 4 rings (SSSR count). The molecule has 2 aromatic rings. The molecule has 0 saturated carbocycles. The number of carbonyl (C=O) groups excluding carboxylic acids is 2. The Bertz CT molecular complexity index is 888. The van der Waals surface area contributed by atoms with Gasteiger partial charge in [0.25, 0.3) is 5.91 Å². The van der Waals surface area contributed by atoms with Crippen LogP contribution >= 0.6 is 0 Å². The minimum Gasteiger partial charge on any atom is -0.497 e. The first-order valence-electron chi connectivity index (χ1n) is 9.29. The number of ether oxygens (including phenoxy) is 1. The summed E-state index contributed by atoms with van der Waals surface area (Å²) >= 11 is 0. The Morgan fingerprint density at radius 2 is 2.12 bits per heavy atom. The maximum absolute atomic E-state index is 13.4. The fourth-order valence-corrected chi connectivity index (χ4v) is 4.37. The lowest BCUT2D eigenvalue weighted by molar-refractivity contribution is -0.166. The van der Waals surface area contributed by atoms with Crippen LogP contribution in [-0.4, -0.2) is 53.3 Å². The van der Waals surface area contributed by atoms with E-state index in [1.54, 1.807) is 16.9 Å². The van der Waals surface area contributed by atoms with Gasteiger partial charge in [0.2, 0.25) is 5.91 Å². The Kier molecular flexibility index (Phi) is 3.93. The summed E-state index contributed by atoms with van der Waals surface area (Å²) in [5, 5.41) is 1.08. The van der Waals surface area contributed by atoms with E-state index in [-0.39, 0.29) is 18.4 Å². The van der Waals surface area contributed by atoms with Crippen LogP contribution in [0.5, 0.6) is 5.75 Å². The van der Waals surface area contributed by atoms with Crippen molar-refractivity contribution < 1.29 is 14.3 Å². The van der Waals surface area contributed by atoms with E-state index in [0.29, 0.717) is 13.1 Å². The molecule has 2 amide bonds. The van der Waals surface area contributed by atoms with Crippen LogP contribution in [-0.2, 0) is 21.5 Å². The largest absolute Gasteiger partial charge is 0.497 e. The second-order valence-electron chi connectivity index (χ2n) is 7.34. The van der Waals surface area contributed by atoms with Gasteiger partial charge in [-0.2, -0.15) is 0 Å². The summed E-state index contributed by atoms with van der Waals surface area (Å²) in [7, 11) is 1.65. The maximum atomic E-state index is 13.4. The van der Waals surface area contributed by atoms with E-state index in [9.17, 15) is 9.59 Å². The standard InChI is InChI=1S/C20H25N3O3/c1-4-5-9-22-12-17(24)23-10-8-14-15-11-13(26-3)6-7-16(15)21-18(14)20(23,2)19(22)25/h6-7,11,21H,4-5,8-10,12H2,1-3H3/t20-/m0/s1. The van der Waals surface area contributed by atoms with Crippen molar-refractivity contribution in [2.45, 2.75) is 38.6 Å². The molecule has 26 heavy (non-hydrogen) atoms. The highest BCUT2D eigenvalue weighted by atomic mass is 16.5. The molecular formula is C20H25N3O3. The van der Waals surface area contributed by atoms with E-state index < -0.39 is 5.54 Å². The van der Waals surface area contributed by atoms with Crippen molar-refractivity contribution in [3.63, 3.8) is 0 Å². The van der Waals surface area contributed by atoms with Crippen molar-refractivity contribution in [2.75, 3.05) is 26.7 Å². The minimum atomic E-state index is -0.955. The molecule has 1 aromatic heterocycles. The summed E-state index contributed by atoms with van der Waals surface area (Å²) in [5.41, 5.74) is 2.00. The summed E-state index contributed by atoms with van der Waals surface area (Å²) in [4.78, 5) is 33.1. The Balaban J connectivity index is 1.84. The summed E-state index contributed by atoms with van der Waals surface area (Å²) in [5.74, 6) is 0.845.